The minimum absolute atomic E-state index is 0.492. The zero-order chi connectivity index (χ0) is 25.6. The molecule has 2 aliphatic carbocycles. The Bertz CT molecular complexity index is 1630. The van der Waals surface area contributed by atoms with E-state index in [1.54, 1.807) is 12.4 Å². The van der Waals surface area contributed by atoms with Crippen molar-refractivity contribution in [1.29, 1.82) is 0 Å². The summed E-state index contributed by atoms with van der Waals surface area (Å²) in [5.74, 6) is 3.67. The van der Waals surface area contributed by atoms with Gasteiger partial charge in [-0.1, -0.05) is 29.8 Å². The zero-order valence-electron chi connectivity index (χ0n) is 21.1. The number of nitrogen functional groups attached to an aromatic ring is 1. The van der Waals surface area contributed by atoms with Gasteiger partial charge >= 0.3 is 0 Å². The van der Waals surface area contributed by atoms with Crippen LogP contribution in [0, 0.1) is 11.8 Å². The van der Waals surface area contributed by atoms with Crippen molar-refractivity contribution in [1.82, 2.24) is 30.2 Å². The maximum absolute atomic E-state index is 6.40. The van der Waals surface area contributed by atoms with Crippen molar-refractivity contribution in [3.8, 4) is 22.6 Å². The molecular formula is C30H30ClN7. The lowest BCUT2D eigenvalue weighted by Gasteiger charge is -2.18. The Kier molecular flexibility index (Phi) is 5.98. The molecule has 38 heavy (non-hydrogen) atoms. The van der Waals surface area contributed by atoms with Gasteiger partial charge in [0.15, 0.2) is 5.82 Å². The highest BCUT2D eigenvalue weighted by Crippen LogP contribution is 2.44. The summed E-state index contributed by atoms with van der Waals surface area (Å²) >= 11 is 6.39. The number of aromatic nitrogens is 5. The third kappa shape index (κ3) is 4.40. The van der Waals surface area contributed by atoms with Crippen LogP contribution in [-0.4, -0.2) is 38.0 Å². The summed E-state index contributed by atoms with van der Waals surface area (Å²) in [4.78, 5) is 21.7. The molecule has 2 saturated carbocycles. The number of hydrogen-bond acceptors (Lipinski definition) is 6. The quantitative estimate of drug-likeness (QED) is 0.254. The number of nitrogens with zero attached hydrogens (tertiary/aromatic N) is 4. The van der Waals surface area contributed by atoms with Gasteiger partial charge in [0, 0.05) is 45.0 Å². The first-order valence-electron chi connectivity index (χ1n) is 13.5. The SMILES string of the molecule is C1CC2CNCC1C2.Nc1nc(-c2ccnc3[nH]c(-c4ccccc4Cl)cc23)nc2cncc(C3CC3)c12. The summed E-state index contributed by atoms with van der Waals surface area (Å²) in [6, 6.07) is 11.6. The van der Waals surface area contributed by atoms with E-state index in [0.29, 0.717) is 22.6 Å². The monoisotopic (exact) mass is 523 g/mol. The second-order valence-corrected chi connectivity index (χ2v) is 11.2. The highest BCUT2D eigenvalue weighted by atomic mass is 35.5. The number of piperidine rings is 1. The number of halogens is 1. The van der Waals surface area contributed by atoms with Gasteiger partial charge < -0.3 is 16.0 Å². The molecule has 3 aliphatic rings. The van der Waals surface area contributed by atoms with Crippen molar-refractivity contribution < 1.29 is 0 Å². The number of fused-ring (bicyclic) bond motifs is 4. The first-order valence-corrected chi connectivity index (χ1v) is 13.9. The first-order chi connectivity index (χ1) is 18.6. The Balaban J connectivity index is 0.000000257. The van der Waals surface area contributed by atoms with Crippen molar-refractivity contribution in [2.24, 2.45) is 11.8 Å². The topological polar surface area (TPSA) is 105 Å². The van der Waals surface area contributed by atoms with Gasteiger partial charge in [-0.2, -0.15) is 0 Å². The minimum atomic E-state index is 0.492. The average molecular weight is 524 g/mol. The number of nitrogens with two attached hydrogens (primary N) is 1. The Morgan fingerprint density at radius 2 is 1.74 bits per heavy atom. The number of rotatable bonds is 3. The molecule has 5 heterocycles. The molecule has 7 nitrogen and oxygen atoms in total. The van der Waals surface area contributed by atoms with Crippen molar-refractivity contribution >= 4 is 39.4 Å². The smallest absolute Gasteiger partial charge is 0.163 e. The maximum atomic E-state index is 6.40. The summed E-state index contributed by atoms with van der Waals surface area (Å²) in [5, 5.41) is 5.96. The normalized spacial score (nSPS) is 20.4. The van der Waals surface area contributed by atoms with E-state index in [9.17, 15) is 0 Å². The van der Waals surface area contributed by atoms with E-state index in [-0.39, 0.29) is 0 Å². The molecule has 192 valence electrons. The van der Waals surface area contributed by atoms with Crippen LogP contribution in [0.4, 0.5) is 5.82 Å². The molecule has 1 aromatic carbocycles. The van der Waals surface area contributed by atoms with Crippen molar-refractivity contribution in [3.63, 3.8) is 0 Å². The largest absolute Gasteiger partial charge is 0.383 e. The molecule has 2 atom stereocenters. The summed E-state index contributed by atoms with van der Waals surface area (Å²) in [5.41, 5.74) is 11.7. The van der Waals surface area contributed by atoms with Crippen LogP contribution in [0.5, 0.6) is 0 Å². The lowest BCUT2D eigenvalue weighted by atomic mass is 10.0. The predicted molar refractivity (Wildman–Crippen MR) is 153 cm³/mol. The molecule has 0 amide bonds. The Morgan fingerprint density at radius 3 is 2.50 bits per heavy atom. The number of hydrogen-bond donors (Lipinski definition) is 3. The molecule has 8 rings (SSSR count). The van der Waals surface area contributed by atoms with E-state index in [1.165, 1.54) is 45.2 Å². The summed E-state index contributed by atoms with van der Waals surface area (Å²) in [7, 11) is 0. The molecule has 4 N–H and O–H groups in total. The van der Waals surface area contributed by atoms with E-state index in [2.05, 4.69) is 25.3 Å². The first kappa shape index (κ1) is 23.6. The van der Waals surface area contributed by atoms with E-state index in [1.807, 2.05) is 42.6 Å². The van der Waals surface area contributed by atoms with Gasteiger partial charge in [-0.3, -0.25) is 4.98 Å². The molecule has 5 aromatic rings. The molecule has 1 aliphatic heterocycles. The fraction of sp³-hybridized carbons (Fsp3) is 0.333. The van der Waals surface area contributed by atoms with Crippen LogP contribution in [0.3, 0.4) is 0 Å². The Hall–Kier alpha value is -3.55. The van der Waals surface area contributed by atoms with Gasteiger partial charge in [0.25, 0.3) is 0 Å². The van der Waals surface area contributed by atoms with E-state index in [0.717, 1.165) is 56.2 Å². The van der Waals surface area contributed by atoms with Gasteiger partial charge in [-0.25, -0.2) is 15.0 Å². The van der Waals surface area contributed by atoms with Gasteiger partial charge in [-0.05, 0) is 86.7 Å². The van der Waals surface area contributed by atoms with Crippen LogP contribution in [0.25, 0.3) is 44.6 Å². The van der Waals surface area contributed by atoms with Crippen LogP contribution < -0.4 is 11.1 Å². The fourth-order valence-electron chi connectivity index (χ4n) is 6.05. The second-order valence-electron chi connectivity index (χ2n) is 10.8. The fourth-order valence-corrected chi connectivity index (χ4v) is 6.29. The van der Waals surface area contributed by atoms with Crippen molar-refractivity contribution in [2.75, 3.05) is 18.8 Å². The van der Waals surface area contributed by atoms with Crippen LogP contribution in [-0.2, 0) is 0 Å². The molecule has 8 heteroatoms. The standard InChI is InChI=1S/C23H17ClN6.C7H13N/c24-17-4-2-1-3-14(17)18-9-15-13(7-8-27-22(15)28-18)23-29-19-11-26-10-16(12-5-6-12)20(19)21(25)30-23;1-2-7-3-6(1)4-8-5-7/h1-4,7-12H,5-6H2,(H,27,28)(H2,25,29,30);6-8H,1-5H2. The molecule has 4 aromatic heterocycles. The number of aromatic amines is 1. The average Bonchev–Trinajstić information content (AvgIpc) is 3.61. The second kappa shape index (κ2) is 9.64. The summed E-state index contributed by atoms with van der Waals surface area (Å²) in [6.07, 6.45) is 12.2. The van der Waals surface area contributed by atoms with Crippen molar-refractivity contribution in [2.45, 2.75) is 38.0 Å². The van der Waals surface area contributed by atoms with Crippen LogP contribution >= 0.6 is 11.6 Å². The van der Waals surface area contributed by atoms with Crippen molar-refractivity contribution in [3.05, 3.63) is 65.6 Å². The Labute approximate surface area is 226 Å². The van der Waals surface area contributed by atoms with Gasteiger partial charge in [-0.15, -0.1) is 0 Å². The highest BCUT2D eigenvalue weighted by Gasteiger charge is 2.28. The number of anilines is 1. The highest BCUT2D eigenvalue weighted by molar-refractivity contribution is 6.33. The van der Waals surface area contributed by atoms with Crippen LogP contribution in [0.2, 0.25) is 5.02 Å². The lowest BCUT2D eigenvalue weighted by molar-refractivity contribution is 0.379. The number of benzene rings is 1. The number of H-pyrrole nitrogens is 1. The molecule has 2 bridgehead atoms. The minimum Gasteiger partial charge on any atom is -0.383 e. The molecule has 0 spiro atoms. The third-order valence-corrected chi connectivity index (χ3v) is 8.46. The molecule has 1 saturated heterocycles. The van der Waals surface area contributed by atoms with E-state index >= 15 is 0 Å². The molecule has 2 unspecified atom stereocenters. The lowest BCUT2D eigenvalue weighted by Crippen LogP contribution is -2.30. The Morgan fingerprint density at radius 1 is 0.921 bits per heavy atom. The van der Waals surface area contributed by atoms with Gasteiger partial charge in [0.1, 0.15) is 11.5 Å². The van der Waals surface area contributed by atoms with E-state index in [4.69, 9.17) is 22.3 Å². The summed E-state index contributed by atoms with van der Waals surface area (Å²) < 4.78 is 0. The summed E-state index contributed by atoms with van der Waals surface area (Å²) in [6.45, 7) is 2.60. The van der Waals surface area contributed by atoms with E-state index < -0.39 is 0 Å². The van der Waals surface area contributed by atoms with Gasteiger partial charge in [0.05, 0.1) is 11.7 Å². The molecule has 3 fully saturated rings. The predicted octanol–water partition coefficient (Wildman–Crippen LogP) is 6.35. The third-order valence-electron chi connectivity index (χ3n) is 8.13. The van der Waals surface area contributed by atoms with Gasteiger partial charge in [0.2, 0.25) is 0 Å². The molecular weight excluding hydrogens is 494 g/mol. The van der Waals surface area contributed by atoms with Crippen LogP contribution in [0.15, 0.2) is 55.0 Å². The number of nitrogens with one attached hydrogen (secondary N) is 2. The molecule has 0 radical (unpaired) electrons. The number of pyridine rings is 2. The maximum Gasteiger partial charge on any atom is 0.163 e. The zero-order valence-corrected chi connectivity index (χ0v) is 21.9. The van der Waals surface area contributed by atoms with Crippen LogP contribution in [0.1, 0.15) is 43.6 Å².